The van der Waals surface area contributed by atoms with Crippen LogP contribution in [0.15, 0.2) is 41.5 Å². The number of methoxy groups -OCH3 is 1. The predicted molar refractivity (Wildman–Crippen MR) is 63.8 cm³/mol. The molecule has 0 radical (unpaired) electrons. The first kappa shape index (κ1) is 10.6. The largest absolute Gasteiger partial charge is 0.497 e. The number of H-pyrrole nitrogens is 1. The molecule has 0 aliphatic carbocycles. The second kappa shape index (κ2) is 4.32. The van der Waals surface area contributed by atoms with Gasteiger partial charge in [0, 0.05) is 18.1 Å². The van der Waals surface area contributed by atoms with Gasteiger partial charge in [-0.1, -0.05) is 12.2 Å². The molecule has 0 fully saturated rings. The molecule has 0 aliphatic heterocycles. The summed E-state index contributed by atoms with van der Waals surface area (Å²) < 4.78 is 6.72. The summed E-state index contributed by atoms with van der Waals surface area (Å²) in [5.74, 6) is 0.748. The molecule has 0 aliphatic rings. The van der Waals surface area contributed by atoms with Gasteiger partial charge in [0.25, 0.3) is 5.56 Å². The third-order valence-electron chi connectivity index (χ3n) is 2.20. The van der Waals surface area contributed by atoms with E-state index in [1.807, 2.05) is 0 Å². The van der Waals surface area contributed by atoms with E-state index < -0.39 is 0 Å². The van der Waals surface area contributed by atoms with Crippen LogP contribution in [-0.2, 0) is 0 Å². The molecular weight excluding hydrogens is 224 g/mol. The fraction of sp³-hybridized carbons (Fsp3) is 0.0909. The summed E-state index contributed by atoms with van der Waals surface area (Å²) in [6.07, 6.45) is 3.27. The van der Waals surface area contributed by atoms with E-state index in [1.54, 1.807) is 43.8 Å². The SMILES string of the molecule is COc1ccc(-n2cc[nH]c(=S)c2=O)cc1. The lowest BCUT2D eigenvalue weighted by atomic mass is 10.3. The summed E-state index contributed by atoms with van der Waals surface area (Å²) in [6, 6.07) is 7.19. The average Bonchev–Trinajstić information content (AvgIpc) is 2.33. The second-order valence-corrected chi connectivity index (χ2v) is 3.57. The smallest absolute Gasteiger partial charge is 0.290 e. The van der Waals surface area contributed by atoms with Crippen molar-refractivity contribution in [1.29, 1.82) is 0 Å². The minimum absolute atomic E-state index is 0.193. The number of nitrogens with one attached hydrogen (secondary N) is 1. The number of aromatic nitrogens is 2. The van der Waals surface area contributed by atoms with Gasteiger partial charge in [0.05, 0.1) is 7.11 Å². The molecule has 5 heteroatoms. The molecule has 0 amide bonds. The highest BCUT2D eigenvalue weighted by Crippen LogP contribution is 2.13. The van der Waals surface area contributed by atoms with Crippen LogP contribution in [-0.4, -0.2) is 16.7 Å². The summed E-state index contributed by atoms with van der Waals surface area (Å²) >= 11 is 4.88. The monoisotopic (exact) mass is 234 g/mol. The first-order valence-corrected chi connectivity index (χ1v) is 5.08. The van der Waals surface area contributed by atoms with Gasteiger partial charge < -0.3 is 9.72 Å². The van der Waals surface area contributed by atoms with E-state index in [-0.39, 0.29) is 10.2 Å². The summed E-state index contributed by atoms with van der Waals surface area (Å²) in [4.78, 5) is 14.4. The van der Waals surface area contributed by atoms with E-state index in [0.29, 0.717) is 0 Å². The van der Waals surface area contributed by atoms with Gasteiger partial charge in [0.15, 0.2) is 4.64 Å². The number of nitrogens with zero attached hydrogens (tertiary/aromatic N) is 1. The van der Waals surface area contributed by atoms with Gasteiger partial charge in [-0.05, 0) is 24.3 Å². The van der Waals surface area contributed by atoms with E-state index in [1.165, 1.54) is 4.57 Å². The Kier molecular flexibility index (Phi) is 2.87. The third kappa shape index (κ3) is 1.90. The maximum Gasteiger partial charge on any atom is 0.290 e. The van der Waals surface area contributed by atoms with Gasteiger partial charge in [0.1, 0.15) is 5.75 Å². The summed E-state index contributed by atoms with van der Waals surface area (Å²) in [6.45, 7) is 0. The molecule has 0 atom stereocenters. The van der Waals surface area contributed by atoms with Crippen molar-refractivity contribution in [3.8, 4) is 11.4 Å². The van der Waals surface area contributed by atoms with Crippen LogP contribution < -0.4 is 10.3 Å². The normalized spacial score (nSPS) is 10.1. The Morgan fingerprint density at radius 1 is 1.31 bits per heavy atom. The molecule has 0 saturated carbocycles. The van der Waals surface area contributed by atoms with Crippen LogP contribution >= 0.6 is 12.2 Å². The highest BCUT2D eigenvalue weighted by molar-refractivity contribution is 7.71. The fourth-order valence-corrected chi connectivity index (χ4v) is 1.54. The molecular formula is C11H10N2O2S. The number of hydrogen-bond donors (Lipinski definition) is 1. The van der Waals surface area contributed by atoms with Crippen LogP contribution in [0.5, 0.6) is 5.75 Å². The summed E-state index contributed by atoms with van der Waals surface area (Å²) in [5.41, 5.74) is 0.522. The second-order valence-electron chi connectivity index (χ2n) is 3.16. The molecule has 4 nitrogen and oxygen atoms in total. The van der Waals surface area contributed by atoms with Crippen molar-refractivity contribution in [2.45, 2.75) is 0 Å². The fourth-order valence-electron chi connectivity index (χ4n) is 1.37. The number of aromatic amines is 1. The van der Waals surface area contributed by atoms with Crippen molar-refractivity contribution in [2.75, 3.05) is 7.11 Å². The molecule has 0 spiro atoms. The van der Waals surface area contributed by atoms with Crippen LogP contribution in [0.25, 0.3) is 5.69 Å². The highest BCUT2D eigenvalue weighted by atomic mass is 32.1. The molecule has 82 valence electrons. The Morgan fingerprint density at radius 2 is 2.00 bits per heavy atom. The van der Waals surface area contributed by atoms with Crippen molar-refractivity contribution < 1.29 is 4.74 Å². The predicted octanol–water partition coefficient (Wildman–Crippen LogP) is 1.90. The molecule has 16 heavy (non-hydrogen) atoms. The Bertz CT molecular complexity index is 598. The quantitative estimate of drug-likeness (QED) is 0.807. The van der Waals surface area contributed by atoms with Gasteiger partial charge in [-0.25, -0.2) is 0 Å². The van der Waals surface area contributed by atoms with Crippen LogP contribution in [0, 0.1) is 4.64 Å². The summed E-state index contributed by atoms with van der Waals surface area (Å²) in [5, 5.41) is 0. The minimum atomic E-state index is -0.234. The average molecular weight is 234 g/mol. The lowest BCUT2D eigenvalue weighted by molar-refractivity contribution is 0.414. The van der Waals surface area contributed by atoms with Gasteiger partial charge in [-0.2, -0.15) is 0 Å². The van der Waals surface area contributed by atoms with Gasteiger partial charge in [-0.3, -0.25) is 9.36 Å². The number of rotatable bonds is 2. The van der Waals surface area contributed by atoms with Crippen molar-refractivity contribution in [3.05, 3.63) is 51.7 Å². The van der Waals surface area contributed by atoms with Crippen LogP contribution in [0.3, 0.4) is 0 Å². The molecule has 0 saturated heterocycles. The number of ether oxygens (including phenoxy) is 1. The zero-order chi connectivity index (χ0) is 11.5. The topological polar surface area (TPSA) is 47.0 Å². The number of benzene rings is 1. The Labute approximate surface area is 97.1 Å². The van der Waals surface area contributed by atoms with Gasteiger partial charge >= 0.3 is 0 Å². The molecule has 2 aromatic rings. The molecule has 0 bridgehead atoms. The Morgan fingerprint density at radius 3 is 2.62 bits per heavy atom. The highest BCUT2D eigenvalue weighted by Gasteiger charge is 2.00. The third-order valence-corrected chi connectivity index (χ3v) is 2.49. The number of hydrogen-bond acceptors (Lipinski definition) is 3. The molecule has 1 heterocycles. The van der Waals surface area contributed by atoms with Crippen molar-refractivity contribution in [2.24, 2.45) is 0 Å². The van der Waals surface area contributed by atoms with Crippen molar-refractivity contribution >= 4 is 12.2 Å². The Hall–Kier alpha value is -1.88. The summed E-state index contributed by atoms with van der Waals surface area (Å²) in [7, 11) is 1.60. The van der Waals surface area contributed by atoms with Crippen LogP contribution in [0.1, 0.15) is 0 Å². The van der Waals surface area contributed by atoms with E-state index >= 15 is 0 Å². The molecule has 1 aromatic carbocycles. The van der Waals surface area contributed by atoms with E-state index in [2.05, 4.69) is 4.98 Å². The van der Waals surface area contributed by atoms with Crippen LogP contribution in [0.2, 0.25) is 0 Å². The van der Waals surface area contributed by atoms with Crippen LogP contribution in [0.4, 0.5) is 0 Å². The molecule has 1 N–H and O–H groups in total. The lowest BCUT2D eigenvalue weighted by Crippen LogP contribution is -2.18. The zero-order valence-electron chi connectivity index (χ0n) is 8.64. The maximum absolute atomic E-state index is 11.7. The van der Waals surface area contributed by atoms with E-state index in [9.17, 15) is 4.79 Å². The standard InChI is InChI=1S/C11H10N2O2S/c1-15-9-4-2-8(3-5-9)13-7-6-12-10(16)11(13)14/h2-7H,1H3,(H,12,16). The minimum Gasteiger partial charge on any atom is -0.497 e. The lowest BCUT2D eigenvalue weighted by Gasteiger charge is -2.05. The Balaban J connectivity index is 2.55. The van der Waals surface area contributed by atoms with Crippen molar-refractivity contribution in [3.63, 3.8) is 0 Å². The molecule has 1 aromatic heterocycles. The van der Waals surface area contributed by atoms with Gasteiger partial charge in [0.2, 0.25) is 0 Å². The zero-order valence-corrected chi connectivity index (χ0v) is 9.45. The van der Waals surface area contributed by atoms with E-state index in [0.717, 1.165) is 11.4 Å². The first-order valence-electron chi connectivity index (χ1n) is 4.67. The van der Waals surface area contributed by atoms with E-state index in [4.69, 9.17) is 17.0 Å². The van der Waals surface area contributed by atoms with Crippen molar-refractivity contribution in [1.82, 2.24) is 9.55 Å². The van der Waals surface area contributed by atoms with Gasteiger partial charge in [-0.15, -0.1) is 0 Å². The maximum atomic E-state index is 11.7. The first-order chi connectivity index (χ1) is 7.72. The molecule has 0 unspecified atom stereocenters. The molecule has 2 rings (SSSR count).